The smallest absolute Gasteiger partial charge is 0.256 e. The molecule has 0 saturated carbocycles. The van der Waals surface area contributed by atoms with E-state index in [0.717, 1.165) is 0 Å². The predicted molar refractivity (Wildman–Crippen MR) is 82.2 cm³/mol. The zero-order valence-corrected chi connectivity index (χ0v) is 13.3. The SMILES string of the molecule is CN1Cc2c(-c3noc(CCl)n3)ncn2-c2ccc(F)cc2C1=O. The van der Waals surface area contributed by atoms with Gasteiger partial charge >= 0.3 is 0 Å². The van der Waals surface area contributed by atoms with E-state index in [1.807, 2.05) is 0 Å². The average Bonchev–Trinajstić information content (AvgIpc) is 3.18. The number of amides is 1. The molecule has 0 saturated heterocycles. The van der Waals surface area contributed by atoms with Gasteiger partial charge in [0.25, 0.3) is 5.91 Å². The minimum absolute atomic E-state index is 0.101. The Hall–Kier alpha value is -2.74. The molecule has 9 heteroatoms. The molecular weight excluding hydrogens is 337 g/mol. The highest BCUT2D eigenvalue weighted by atomic mass is 35.5. The minimum Gasteiger partial charge on any atom is -0.338 e. The Labute approximate surface area is 140 Å². The summed E-state index contributed by atoms with van der Waals surface area (Å²) in [5, 5.41) is 3.87. The molecule has 1 aliphatic rings. The number of fused-ring (bicyclic) bond motifs is 3. The largest absolute Gasteiger partial charge is 0.338 e. The molecule has 0 unspecified atom stereocenters. The fourth-order valence-electron chi connectivity index (χ4n) is 2.72. The molecule has 0 aliphatic carbocycles. The van der Waals surface area contributed by atoms with Crippen LogP contribution in [0.1, 0.15) is 21.9 Å². The highest BCUT2D eigenvalue weighted by Gasteiger charge is 2.28. The molecule has 0 spiro atoms. The van der Waals surface area contributed by atoms with Crippen molar-refractivity contribution in [3.8, 4) is 17.2 Å². The van der Waals surface area contributed by atoms with Crippen LogP contribution in [0.15, 0.2) is 29.0 Å². The van der Waals surface area contributed by atoms with E-state index in [9.17, 15) is 9.18 Å². The number of halogens is 2. The van der Waals surface area contributed by atoms with Crippen molar-refractivity contribution in [2.45, 2.75) is 12.4 Å². The van der Waals surface area contributed by atoms with E-state index >= 15 is 0 Å². The molecule has 0 radical (unpaired) electrons. The van der Waals surface area contributed by atoms with Gasteiger partial charge in [-0.2, -0.15) is 4.98 Å². The van der Waals surface area contributed by atoms with E-state index in [0.29, 0.717) is 22.9 Å². The maximum atomic E-state index is 13.6. The van der Waals surface area contributed by atoms with Crippen LogP contribution in [0, 0.1) is 5.82 Å². The summed E-state index contributed by atoms with van der Waals surface area (Å²) in [5.41, 5.74) is 2.03. The summed E-state index contributed by atoms with van der Waals surface area (Å²) in [6.45, 7) is 0.273. The lowest BCUT2D eigenvalue weighted by molar-refractivity contribution is 0.0787. The molecule has 3 heterocycles. The van der Waals surface area contributed by atoms with Crippen LogP contribution >= 0.6 is 11.6 Å². The number of imidazole rings is 1. The normalized spacial score (nSPS) is 13.6. The summed E-state index contributed by atoms with van der Waals surface area (Å²) in [6, 6.07) is 4.08. The number of carbonyl (C=O) groups is 1. The average molecular weight is 348 g/mol. The molecule has 4 rings (SSSR count). The number of rotatable bonds is 2. The van der Waals surface area contributed by atoms with Crippen LogP contribution < -0.4 is 0 Å². The van der Waals surface area contributed by atoms with Gasteiger partial charge < -0.3 is 9.42 Å². The molecule has 24 heavy (non-hydrogen) atoms. The van der Waals surface area contributed by atoms with Crippen LogP contribution in [0.5, 0.6) is 0 Å². The van der Waals surface area contributed by atoms with Crippen LogP contribution in [0.3, 0.4) is 0 Å². The van der Waals surface area contributed by atoms with Gasteiger partial charge in [-0.3, -0.25) is 9.36 Å². The number of benzene rings is 1. The van der Waals surface area contributed by atoms with Gasteiger partial charge in [0.1, 0.15) is 23.7 Å². The summed E-state index contributed by atoms with van der Waals surface area (Å²) >= 11 is 5.68. The highest BCUT2D eigenvalue weighted by Crippen LogP contribution is 2.29. The van der Waals surface area contributed by atoms with E-state index in [1.165, 1.54) is 17.0 Å². The van der Waals surface area contributed by atoms with Gasteiger partial charge in [0, 0.05) is 7.05 Å². The second-order valence-electron chi connectivity index (χ2n) is 5.38. The molecule has 1 amide bonds. The number of carbonyl (C=O) groups excluding carboxylic acids is 1. The molecule has 0 bridgehead atoms. The molecule has 2 aromatic heterocycles. The third-order valence-corrected chi connectivity index (χ3v) is 4.07. The maximum Gasteiger partial charge on any atom is 0.256 e. The van der Waals surface area contributed by atoms with Gasteiger partial charge in [-0.15, -0.1) is 11.6 Å². The Morgan fingerprint density at radius 1 is 1.42 bits per heavy atom. The van der Waals surface area contributed by atoms with E-state index in [1.54, 1.807) is 24.0 Å². The van der Waals surface area contributed by atoms with Gasteiger partial charge in [-0.25, -0.2) is 9.37 Å². The van der Waals surface area contributed by atoms with Crippen LogP contribution in [0.4, 0.5) is 4.39 Å². The van der Waals surface area contributed by atoms with Gasteiger partial charge in [0.2, 0.25) is 11.7 Å². The Bertz CT molecular complexity index is 951. The zero-order valence-electron chi connectivity index (χ0n) is 12.5. The molecule has 0 fully saturated rings. The Balaban J connectivity index is 1.92. The fraction of sp³-hybridized carbons (Fsp3) is 0.200. The van der Waals surface area contributed by atoms with E-state index < -0.39 is 5.82 Å². The Morgan fingerprint density at radius 3 is 3.00 bits per heavy atom. The summed E-state index contributed by atoms with van der Waals surface area (Å²) < 4.78 is 20.3. The van der Waals surface area contributed by atoms with Crippen LogP contribution in [-0.2, 0) is 12.4 Å². The number of hydrogen-bond acceptors (Lipinski definition) is 5. The van der Waals surface area contributed by atoms with Gasteiger partial charge in [0.15, 0.2) is 0 Å². The minimum atomic E-state index is -0.468. The predicted octanol–water partition coefficient (Wildman–Crippen LogP) is 2.39. The van der Waals surface area contributed by atoms with Gasteiger partial charge in [0.05, 0.1) is 23.5 Å². The maximum absolute atomic E-state index is 13.6. The van der Waals surface area contributed by atoms with Crippen molar-refractivity contribution in [3.63, 3.8) is 0 Å². The van der Waals surface area contributed by atoms with Crippen LogP contribution in [-0.4, -0.2) is 37.5 Å². The number of hydrogen-bond donors (Lipinski definition) is 0. The monoisotopic (exact) mass is 347 g/mol. The first-order chi connectivity index (χ1) is 11.6. The number of alkyl halides is 1. The van der Waals surface area contributed by atoms with Crippen molar-refractivity contribution in [3.05, 3.63) is 47.5 Å². The summed E-state index contributed by atoms with van der Waals surface area (Å²) in [7, 11) is 1.64. The molecular formula is C15H11ClFN5O2. The van der Waals surface area contributed by atoms with E-state index in [-0.39, 0.29) is 29.8 Å². The molecule has 3 aromatic rings. The third kappa shape index (κ3) is 2.18. The molecule has 7 nitrogen and oxygen atoms in total. The molecule has 1 aliphatic heterocycles. The van der Waals surface area contributed by atoms with Crippen molar-refractivity contribution in [2.24, 2.45) is 0 Å². The quantitative estimate of drug-likeness (QED) is 0.665. The molecule has 122 valence electrons. The van der Waals surface area contributed by atoms with Crippen molar-refractivity contribution in [2.75, 3.05) is 7.05 Å². The van der Waals surface area contributed by atoms with Crippen molar-refractivity contribution < 1.29 is 13.7 Å². The highest BCUT2D eigenvalue weighted by molar-refractivity contribution is 6.16. The lowest BCUT2D eigenvalue weighted by Gasteiger charge is -2.14. The number of nitrogens with zero attached hydrogens (tertiary/aromatic N) is 5. The van der Waals surface area contributed by atoms with Crippen molar-refractivity contribution in [1.82, 2.24) is 24.6 Å². The van der Waals surface area contributed by atoms with E-state index in [2.05, 4.69) is 15.1 Å². The summed E-state index contributed by atoms with van der Waals surface area (Å²) in [5.74, 6) is -0.0542. The lowest BCUT2D eigenvalue weighted by Crippen LogP contribution is -2.25. The Morgan fingerprint density at radius 2 is 2.25 bits per heavy atom. The van der Waals surface area contributed by atoms with Crippen LogP contribution in [0.25, 0.3) is 17.2 Å². The standard InChI is InChI=1S/C15H11ClFN5O2/c1-21-6-11-13(14-19-12(5-16)24-20-14)18-7-22(11)10-3-2-8(17)4-9(10)15(21)23/h2-4,7H,5-6H2,1H3. The van der Waals surface area contributed by atoms with Crippen molar-refractivity contribution in [1.29, 1.82) is 0 Å². The van der Waals surface area contributed by atoms with Crippen LogP contribution in [0.2, 0.25) is 0 Å². The topological polar surface area (TPSA) is 77.1 Å². The summed E-state index contributed by atoms with van der Waals surface area (Å²) in [4.78, 5) is 22.5. The first-order valence-electron chi connectivity index (χ1n) is 7.09. The second-order valence-corrected chi connectivity index (χ2v) is 5.65. The first-order valence-corrected chi connectivity index (χ1v) is 7.62. The Kier molecular flexibility index (Phi) is 3.34. The molecule has 1 aromatic carbocycles. The zero-order chi connectivity index (χ0) is 16.8. The molecule has 0 atom stereocenters. The second kappa shape index (κ2) is 5.41. The fourth-order valence-corrected chi connectivity index (χ4v) is 2.82. The van der Waals surface area contributed by atoms with Crippen molar-refractivity contribution >= 4 is 17.5 Å². The number of aromatic nitrogens is 4. The molecule has 0 N–H and O–H groups in total. The third-order valence-electron chi connectivity index (χ3n) is 3.84. The lowest BCUT2D eigenvalue weighted by atomic mass is 10.1. The first kappa shape index (κ1) is 14.8. The summed E-state index contributed by atoms with van der Waals surface area (Å²) in [6.07, 6.45) is 1.56. The van der Waals surface area contributed by atoms with E-state index in [4.69, 9.17) is 16.1 Å². The van der Waals surface area contributed by atoms with Gasteiger partial charge in [-0.05, 0) is 18.2 Å². The van der Waals surface area contributed by atoms with Gasteiger partial charge in [-0.1, -0.05) is 5.16 Å².